The van der Waals surface area contributed by atoms with E-state index in [0.29, 0.717) is 5.57 Å². The molecule has 0 fully saturated rings. The van der Waals surface area contributed by atoms with E-state index in [4.69, 9.17) is 10.8 Å². The van der Waals surface area contributed by atoms with Crippen LogP contribution in [0.5, 0.6) is 0 Å². The normalized spacial score (nSPS) is 14.8. The Morgan fingerprint density at radius 3 is 2.36 bits per heavy atom. The summed E-state index contributed by atoms with van der Waals surface area (Å²) in [6.45, 7) is 3.10. The van der Waals surface area contributed by atoms with E-state index in [2.05, 4.69) is 0 Å². The van der Waals surface area contributed by atoms with Crippen LogP contribution in [-0.2, 0) is 9.59 Å². The van der Waals surface area contributed by atoms with Gasteiger partial charge in [0.25, 0.3) is 0 Å². The van der Waals surface area contributed by atoms with Crippen LogP contribution < -0.4 is 5.73 Å². The minimum atomic E-state index is -1.10. The van der Waals surface area contributed by atoms with Gasteiger partial charge in [-0.25, -0.2) is 4.79 Å². The smallest absolute Gasteiger partial charge is 0.321 e. The van der Waals surface area contributed by atoms with Crippen LogP contribution in [0.4, 0.5) is 0 Å². The Morgan fingerprint density at radius 1 is 1.64 bits per heavy atom. The molecule has 2 unspecified atom stereocenters. The first-order valence-electron chi connectivity index (χ1n) is 3.20. The summed E-state index contributed by atoms with van der Waals surface area (Å²) in [5.41, 5.74) is 5.57. The SMILES string of the molecule is CC(=C=O)C(C)C(N)C(=O)O. The predicted molar refractivity (Wildman–Crippen MR) is 39.7 cm³/mol. The summed E-state index contributed by atoms with van der Waals surface area (Å²) in [4.78, 5) is 20.4. The van der Waals surface area contributed by atoms with Gasteiger partial charge in [0.1, 0.15) is 12.0 Å². The maximum atomic E-state index is 10.3. The molecule has 0 bridgehead atoms. The van der Waals surface area contributed by atoms with Crippen molar-refractivity contribution in [2.45, 2.75) is 19.9 Å². The van der Waals surface area contributed by atoms with Gasteiger partial charge in [0.2, 0.25) is 0 Å². The molecule has 3 N–H and O–H groups in total. The first-order chi connectivity index (χ1) is 5.00. The molecule has 4 nitrogen and oxygen atoms in total. The summed E-state index contributed by atoms with van der Waals surface area (Å²) in [5, 5.41) is 8.43. The van der Waals surface area contributed by atoms with E-state index < -0.39 is 17.9 Å². The fourth-order valence-electron chi connectivity index (χ4n) is 0.576. The van der Waals surface area contributed by atoms with E-state index >= 15 is 0 Å². The van der Waals surface area contributed by atoms with Gasteiger partial charge in [-0.15, -0.1) is 0 Å². The average molecular weight is 157 g/mol. The molecule has 0 heterocycles. The third-order valence-electron chi connectivity index (χ3n) is 1.67. The van der Waals surface area contributed by atoms with E-state index in [1.165, 1.54) is 6.92 Å². The molecule has 0 rings (SSSR count). The molecule has 0 radical (unpaired) electrons. The molecule has 0 aliphatic carbocycles. The van der Waals surface area contributed by atoms with E-state index in [0.717, 1.165) is 0 Å². The van der Waals surface area contributed by atoms with Gasteiger partial charge >= 0.3 is 5.97 Å². The Bertz CT molecular complexity index is 206. The Labute approximate surface area is 64.7 Å². The Balaban J connectivity index is 4.36. The summed E-state index contributed by atoms with van der Waals surface area (Å²) in [6, 6.07) is -1.02. The molecule has 0 aliphatic rings. The lowest BCUT2D eigenvalue weighted by Crippen LogP contribution is -2.37. The zero-order valence-corrected chi connectivity index (χ0v) is 6.50. The molecule has 4 heteroatoms. The number of aliphatic carboxylic acids is 1. The number of hydrogen-bond donors (Lipinski definition) is 2. The van der Waals surface area contributed by atoms with Gasteiger partial charge in [-0.1, -0.05) is 6.92 Å². The van der Waals surface area contributed by atoms with Crippen LogP contribution in [0.1, 0.15) is 13.8 Å². The van der Waals surface area contributed by atoms with Crippen LogP contribution in [-0.4, -0.2) is 23.1 Å². The number of hydrogen-bond acceptors (Lipinski definition) is 3. The highest BCUT2D eigenvalue weighted by Gasteiger charge is 2.21. The van der Waals surface area contributed by atoms with Crippen molar-refractivity contribution in [2.24, 2.45) is 11.7 Å². The van der Waals surface area contributed by atoms with Crippen molar-refractivity contribution in [2.75, 3.05) is 0 Å². The van der Waals surface area contributed by atoms with Crippen molar-refractivity contribution in [3.05, 3.63) is 5.57 Å². The van der Waals surface area contributed by atoms with Gasteiger partial charge in [0, 0.05) is 11.5 Å². The quantitative estimate of drug-likeness (QED) is 0.556. The Kier molecular flexibility index (Phi) is 3.51. The number of carbonyl (C=O) groups is 1. The fourth-order valence-corrected chi connectivity index (χ4v) is 0.576. The summed E-state index contributed by atoms with van der Waals surface area (Å²) in [6.07, 6.45) is 0. The maximum Gasteiger partial charge on any atom is 0.321 e. The van der Waals surface area contributed by atoms with Gasteiger partial charge in [-0.2, -0.15) is 0 Å². The lowest BCUT2D eigenvalue weighted by atomic mass is 9.96. The van der Waals surface area contributed by atoms with Crippen molar-refractivity contribution < 1.29 is 14.7 Å². The zero-order chi connectivity index (χ0) is 9.02. The molecule has 0 amide bonds. The van der Waals surface area contributed by atoms with Crippen LogP contribution in [0.15, 0.2) is 5.57 Å². The summed E-state index contributed by atoms with van der Waals surface area (Å²) >= 11 is 0. The molecular weight excluding hydrogens is 146 g/mol. The Hall–Kier alpha value is -1.12. The molecule has 0 aromatic carbocycles. The second-order valence-corrected chi connectivity index (χ2v) is 2.44. The van der Waals surface area contributed by atoms with Crippen LogP contribution >= 0.6 is 0 Å². The average Bonchev–Trinajstić information content (AvgIpc) is 2.00. The molecule has 0 aliphatic heterocycles. The highest BCUT2D eigenvalue weighted by Crippen LogP contribution is 2.09. The molecule has 0 spiro atoms. The predicted octanol–water partition coefficient (Wildman–Crippen LogP) is -0.188. The zero-order valence-electron chi connectivity index (χ0n) is 6.50. The van der Waals surface area contributed by atoms with E-state index in [1.807, 2.05) is 0 Å². The monoisotopic (exact) mass is 157 g/mol. The Morgan fingerprint density at radius 2 is 2.09 bits per heavy atom. The van der Waals surface area contributed by atoms with E-state index in [-0.39, 0.29) is 0 Å². The number of carbonyl (C=O) groups excluding carboxylic acids is 1. The topological polar surface area (TPSA) is 80.4 Å². The summed E-state index contributed by atoms with van der Waals surface area (Å²) in [5.74, 6) is 0.0656. The van der Waals surface area contributed by atoms with Crippen molar-refractivity contribution in [3.8, 4) is 0 Å². The highest BCUT2D eigenvalue weighted by molar-refractivity contribution is 5.74. The minimum Gasteiger partial charge on any atom is -0.480 e. The van der Waals surface area contributed by atoms with Crippen LogP contribution in [0.25, 0.3) is 0 Å². The fraction of sp³-hybridized carbons (Fsp3) is 0.571. The standard InChI is InChI=1S/C7H11NO3/c1-4(3-9)5(2)6(8)7(10)11/h5-6H,8H2,1-2H3,(H,10,11). The molecule has 0 saturated carbocycles. The van der Waals surface area contributed by atoms with Gasteiger partial charge in [0.05, 0.1) is 0 Å². The van der Waals surface area contributed by atoms with Crippen molar-refractivity contribution in [3.63, 3.8) is 0 Å². The lowest BCUT2D eigenvalue weighted by Gasteiger charge is -2.13. The molecule has 62 valence electrons. The number of carboxylic acids is 1. The maximum absolute atomic E-state index is 10.3. The summed E-state index contributed by atoms with van der Waals surface area (Å²) in [7, 11) is 0. The van der Waals surface area contributed by atoms with E-state index in [1.54, 1.807) is 12.9 Å². The lowest BCUT2D eigenvalue weighted by molar-refractivity contribution is -0.139. The second-order valence-electron chi connectivity index (χ2n) is 2.44. The van der Waals surface area contributed by atoms with Crippen LogP contribution in [0.3, 0.4) is 0 Å². The van der Waals surface area contributed by atoms with E-state index in [9.17, 15) is 9.59 Å². The first kappa shape index (κ1) is 9.88. The molecular formula is C7H11NO3. The third-order valence-corrected chi connectivity index (χ3v) is 1.67. The molecule has 2 atom stereocenters. The van der Waals surface area contributed by atoms with Crippen molar-refractivity contribution in [1.29, 1.82) is 0 Å². The number of nitrogens with two attached hydrogens (primary N) is 1. The highest BCUT2D eigenvalue weighted by atomic mass is 16.4. The van der Waals surface area contributed by atoms with Crippen molar-refractivity contribution in [1.82, 2.24) is 0 Å². The largest absolute Gasteiger partial charge is 0.480 e. The third kappa shape index (κ3) is 2.53. The van der Waals surface area contributed by atoms with Crippen molar-refractivity contribution >= 4 is 11.9 Å². The van der Waals surface area contributed by atoms with Gasteiger partial charge < -0.3 is 10.8 Å². The van der Waals surface area contributed by atoms with Crippen LogP contribution in [0.2, 0.25) is 0 Å². The molecule has 0 saturated heterocycles. The number of rotatable bonds is 3. The van der Waals surface area contributed by atoms with Gasteiger partial charge in [-0.05, 0) is 6.92 Å². The molecule has 0 aromatic heterocycles. The van der Waals surface area contributed by atoms with Gasteiger partial charge in [0.15, 0.2) is 0 Å². The minimum absolute atomic E-state index is 0.333. The van der Waals surface area contributed by atoms with Gasteiger partial charge in [-0.3, -0.25) is 4.79 Å². The molecule has 11 heavy (non-hydrogen) atoms. The second kappa shape index (κ2) is 3.91. The first-order valence-corrected chi connectivity index (χ1v) is 3.20. The molecule has 0 aromatic rings. The number of carboxylic acid groups (broad SMARTS) is 1. The van der Waals surface area contributed by atoms with Crippen LogP contribution in [0, 0.1) is 5.92 Å². The summed E-state index contributed by atoms with van der Waals surface area (Å²) < 4.78 is 0.